The Labute approximate surface area is 215 Å². The predicted octanol–water partition coefficient (Wildman–Crippen LogP) is 4.14. The lowest BCUT2D eigenvalue weighted by atomic mass is 10.0. The van der Waals surface area contributed by atoms with E-state index in [4.69, 9.17) is 4.74 Å². The van der Waals surface area contributed by atoms with Gasteiger partial charge in [-0.25, -0.2) is 0 Å². The molecule has 5 rings (SSSR count). The first kappa shape index (κ1) is 24.2. The monoisotopic (exact) mass is 492 g/mol. The van der Waals surface area contributed by atoms with Gasteiger partial charge in [-0.2, -0.15) is 0 Å². The number of fused-ring (bicyclic) bond motifs is 1. The van der Waals surface area contributed by atoms with E-state index in [2.05, 4.69) is 50.8 Å². The van der Waals surface area contributed by atoms with Gasteiger partial charge in [0.2, 0.25) is 5.88 Å². The number of aromatic nitrogens is 1. The molecule has 3 aromatic carbocycles. The van der Waals surface area contributed by atoms with Crippen LogP contribution in [0.3, 0.4) is 0 Å². The number of piperazine rings is 1. The summed E-state index contributed by atoms with van der Waals surface area (Å²) >= 11 is 0. The van der Waals surface area contributed by atoms with Crippen LogP contribution in [0.5, 0.6) is 11.6 Å². The minimum Gasteiger partial charge on any atom is -0.497 e. The number of ether oxygens (including phenoxy) is 1. The molecule has 37 heavy (non-hydrogen) atoms. The number of aromatic hydroxyl groups is 1. The average Bonchev–Trinajstić information content (AvgIpc) is 2.93. The van der Waals surface area contributed by atoms with E-state index < -0.39 is 0 Å². The van der Waals surface area contributed by atoms with Gasteiger partial charge in [-0.05, 0) is 73.8 Å². The number of hydrogen-bond acceptors (Lipinski definition) is 6. The number of H-pyrrole nitrogens is 1. The summed E-state index contributed by atoms with van der Waals surface area (Å²) < 4.78 is 5.19. The molecule has 0 aliphatic carbocycles. The van der Waals surface area contributed by atoms with Crippen LogP contribution in [0, 0.1) is 11.8 Å². The minimum absolute atomic E-state index is 0.226. The van der Waals surface area contributed by atoms with Crippen LogP contribution in [-0.2, 0) is 0 Å². The maximum atomic E-state index is 12.5. The first-order chi connectivity index (χ1) is 18.0. The number of nitrogens with one attached hydrogen (secondary N) is 1. The van der Waals surface area contributed by atoms with Gasteiger partial charge in [0, 0.05) is 60.0 Å². The van der Waals surface area contributed by atoms with Crippen molar-refractivity contribution in [2.75, 3.05) is 45.2 Å². The van der Waals surface area contributed by atoms with Gasteiger partial charge in [0.1, 0.15) is 5.75 Å². The zero-order valence-corrected chi connectivity index (χ0v) is 20.9. The number of likely N-dealkylation sites (N-methyl/N-ethyl adjacent to an activating group) is 1. The number of benzene rings is 3. The molecule has 0 amide bonds. The Bertz CT molecular complexity index is 1550. The molecule has 7 heteroatoms. The molecule has 0 atom stereocenters. The Morgan fingerprint density at radius 2 is 1.59 bits per heavy atom. The maximum absolute atomic E-state index is 12.5. The highest BCUT2D eigenvalue weighted by molar-refractivity contribution is 6.02. The molecule has 4 aromatic rings. The molecular formula is C30H28N4O3. The fourth-order valence-corrected chi connectivity index (χ4v) is 4.32. The number of aliphatic imine (C=N–C) groups is 1. The van der Waals surface area contributed by atoms with Crippen molar-refractivity contribution in [3.63, 3.8) is 0 Å². The molecule has 0 spiro atoms. The number of methoxy groups -OCH3 is 1. The van der Waals surface area contributed by atoms with Gasteiger partial charge in [-0.15, -0.1) is 0 Å². The fourth-order valence-electron chi connectivity index (χ4n) is 4.32. The highest BCUT2D eigenvalue weighted by Crippen LogP contribution is 2.25. The average molecular weight is 493 g/mol. The zero-order valence-electron chi connectivity index (χ0n) is 20.9. The van der Waals surface area contributed by atoms with Gasteiger partial charge in [-0.1, -0.05) is 11.8 Å². The Hall–Kier alpha value is -4.54. The van der Waals surface area contributed by atoms with Gasteiger partial charge in [-0.3, -0.25) is 14.8 Å². The SMILES string of the molecule is COc1ccc(C#Cc2ccc3c(=O)[nH]c(O)c(C=Nc4ccc(N5CCN(C)CC5)cc4)c3c2)cc1. The van der Waals surface area contributed by atoms with Crippen molar-refractivity contribution in [3.8, 4) is 23.5 Å². The Morgan fingerprint density at radius 1 is 0.919 bits per heavy atom. The standard InChI is InChI=1S/C30H28N4O3/c1-33-15-17-34(18-16-33)24-10-8-23(9-11-24)31-20-28-27-19-22(7-14-26(27)29(35)32-30(28)36)4-3-21-5-12-25(37-2)13-6-21/h5-14,19-20H,15-18H2,1-2H3,(H2,32,35,36). The third-order valence-corrected chi connectivity index (χ3v) is 6.54. The zero-order chi connectivity index (χ0) is 25.8. The quantitative estimate of drug-likeness (QED) is 0.331. The highest BCUT2D eigenvalue weighted by Gasteiger charge is 2.14. The molecule has 2 heterocycles. The lowest BCUT2D eigenvalue weighted by Crippen LogP contribution is -2.44. The summed E-state index contributed by atoms with van der Waals surface area (Å²) in [5.74, 6) is 6.80. The highest BCUT2D eigenvalue weighted by atomic mass is 16.5. The molecular weight excluding hydrogens is 464 g/mol. The van der Waals surface area contributed by atoms with Crippen LogP contribution in [0.2, 0.25) is 0 Å². The maximum Gasteiger partial charge on any atom is 0.258 e. The molecule has 1 aromatic heterocycles. The summed E-state index contributed by atoms with van der Waals surface area (Å²) in [7, 11) is 3.76. The second kappa shape index (κ2) is 10.6. The normalized spacial score (nSPS) is 14.1. The van der Waals surface area contributed by atoms with Gasteiger partial charge in [0.15, 0.2) is 0 Å². The van der Waals surface area contributed by atoms with E-state index in [1.807, 2.05) is 36.4 Å². The summed E-state index contributed by atoms with van der Waals surface area (Å²) in [5.41, 5.74) is 3.56. The van der Waals surface area contributed by atoms with Crippen molar-refractivity contribution in [3.05, 3.63) is 93.8 Å². The molecule has 2 N–H and O–H groups in total. The van der Waals surface area contributed by atoms with Crippen molar-refractivity contribution in [1.29, 1.82) is 0 Å². The molecule has 1 aliphatic heterocycles. The van der Waals surface area contributed by atoms with E-state index in [1.54, 1.807) is 31.5 Å². The predicted molar refractivity (Wildman–Crippen MR) is 149 cm³/mol. The Balaban J connectivity index is 1.42. The van der Waals surface area contributed by atoms with Crippen molar-refractivity contribution >= 4 is 28.4 Å². The molecule has 1 fully saturated rings. The number of aromatic amines is 1. The summed E-state index contributed by atoms with van der Waals surface area (Å²) in [6.45, 7) is 4.09. The van der Waals surface area contributed by atoms with E-state index >= 15 is 0 Å². The van der Waals surface area contributed by atoms with Crippen molar-refractivity contribution in [2.45, 2.75) is 0 Å². The lowest BCUT2D eigenvalue weighted by molar-refractivity contribution is 0.313. The van der Waals surface area contributed by atoms with Gasteiger partial charge in [0.25, 0.3) is 5.56 Å². The smallest absolute Gasteiger partial charge is 0.258 e. The molecule has 0 bridgehead atoms. The summed E-state index contributed by atoms with van der Waals surface area (Å²) in [6.07, 6.45) is 1.58. The molecule has 1 saturated heterocycles. The van der Waals surface area contributed by atoms with Crippen LogP contribution in [0.15, 0.2) is 76.5 Å². The van der Waals surface area contributed by atoms with E-state index in [9.17, 15) is 9.90 Å². The third kappa shape index (κ3) is 5.50. The minimum atomic E-state index is -0.365. The van der Waals surface area contributed by atoms with Crippen LogP contribution in [-0.4, -0.2) is 61.5 Å². The van der Waals surface area contributed by atoms with Crippen molar-refractivity contribution in [2.24, 2.45) is 4.99 Å². The summed E-state index contributed by atoms with van der Waals surface area (Å²) in [6, 6.07) is 20.8. The number of nitrogens with zero attached hydrogens (tertiary/aromatic N) is 3. The van der Waals surface area contributed by atoms with Gasteiger partial charge in [0.05, 0.1) is 18.4 Å². The fraction of sp³-hybridized carbons (Fsp3) is 0.200. The molecule has 0 saturated carbocycles. The largest absolute Gasteiger partial charge is 0.497 e. The van der Waals surface area contributed by atoms with Crippen LogP contribution >= 0.6 is 0 Å². The molecule has 186 valence electrons. The second-order valence-electron chi connectivity index (χ2n) is 9.02. The van der Waals surface area contributed by atoms with Crippen LogP contribution in [0.4, 0.5) is 11.4 Å². The van der Waals surface area contributed by atoms with Crippen LogP contribution < -0.4 is 15.2 Å². The Kier molecular flexibility index (Phi) is 6.93. The van der Waals surface area contributed by atoms with E-state index in [0.29, 0.717) is 16.3 Å². The van der Waals surface area contributed by atoms with Gasteiger partial charge >= 0.3 is 0 Å². The molecule has 0 radical (unpaired) electrons. The number of pyridine rings is 1. The second-order valence-corrected chi connectivity index (χ2v) is 9.02. The van der Waals surface area contributed by atoms with E-state index in [0.717, 1.165) is 48.7 Å². The lowest BCUT2D eigenvalue weighted by Gasteiger charge is -2.34. The van der Waals surface area contributed by atoms with Crippen LogP contribution in [0.25, 0.3) is 10.8 Å². The molecule has 1 aliphatic rings. The Morgan fingerprint density at radius 3 is 2.30 bits per heavy atom. The number of anilines is 1. The number of hydrogen-bond donors (Lipinski definition) is 2. The van der Waals surface area contributed by atoms with Crippen molar-refractivity contribution < 1.29 is 9.84 Å². The van der Waals surface area contributed by atoms with E-state index in [1.165, 1.54) is 5.69 Å². The third-order valence-electron chi connectivity index (χ3n) is 6.54. The molecule has 0 unspecified atom stereocenters. The van der Waals surface area contributed by atoms with E-state index in [-0.39, 0.29) is 11.4 Å². The van der Waals surface area contributed by atoms with Crippen LogP contribution in [0.1, 0.15) is 16.7 Å². The first-order valence-corrected chi connectivity index (χ1v) is 12.1. The summed E-state index contributed by atoms with van der Waals surface area (Å²) in [5, 5.41) is 11.6. The van der Waals surface area contributed by atoms with Crippen molar-refractivity contribution in [1.82, 2.24) is 9.88 Å². The molecule has 7 nitrogen and oxygen atoms in total. The first-order valence-electron chi connectivity index (χ1n) is 12.1. The number of rotatable bonds is 4. The topological polar surface area (TPSA) is 81.2 Å². The summed E-state index contributed by atoms with van der Waals surface area (Å²) in [4.78, 5) is 24.2. The van der Waals surface area contributed by atoms with Gasteiger partial charge < -0.3 is 19.6 Å².